The van der Waals surface area contributed by atoms with E-state index >= 15 is 0 Å². The van der Waals surface area contributed by atoms with E-state index in [1.807, 2.05) is 0 Å². The van der Waals surface area contributed by atoms with Crippen LogP contribution in [0.25, 0.3) is 11.0 Å². The fourth-order valence-electron chi connectivity index (χ4n) is 2.93. The Balaban J connectivity index is 1.90. The maximum Gasteiger partial charge on any atom is 0.326 e. The average Bonchev–Trinajstić information content (AvgIpc) is 2.96. The molecular formula is C14H19N3O2. The van der Waals surface area contributed by atoms with E-state index in [9.17, 15) is 9.90 Å². The minimum atomic E-state index is -0.0875. The first kappa shape index (κ1) is 12.3. The summed E-state index contributed by atoms with van der Waals surface area (Å²) in [5.41, 5.74) is 1.49. The molecule has 1 aliphatic rings. The second-order valence-corrected chi connectivity index (χ2v) is 5.29. The molecule has 3 rings (SSSR count). The van der Waals surface area contributed by atoms with Gasteiger partial charge in [-0.3, -0.25) is 4.57 Å². The highest BCUT2D eigenvalue weighted by molar-refractivity contribution is 5.76. The van der Waals surface area contributed by atoms with Crippen LogP contribution in [0.2, 0.25) is 0 Å². The summed E-state index contributed by atoms with van der Waals surface area (Å²) in [5.74, 6) is 0.709. The molecule has 1 aromatic heterocycles. The average molecular weight is 261 g/mol. The third kappa shape index (κ3) is 2.26. The predicted molar refractivity (Wildman–Crippen MR) is 74.4 cm³/mol. The number of phenolic OH excluding ortho intramolecular Hbond substituents is 1. The van der Waals surface area contributed by atoms with Gasteiger partial charge in [-0.05, 0) is 37.6 Å². The molecule has 1 atom stereocenters. The topological polar surface area (TPSA) is 61.3 Å². The van der Waals surface area contributed by atoms with Crippen molar-refractivity contribution in [2.45, 2.75) is 19.9 Å². The number of aromatic amines is 1. The molecule has 0 radical (unpaired) electrons. The SMILES string of the molecule is CCN1CCC(Cn2c(=O)[nH]c3ccc(O)cc32)C1. The molecule has 0 bridgehead atoms. The lowest BCUT2D eigenvalue weighted by Crippen LogP contribution is -2.25. The van der Waals surface area contributed by atoms with Crippen molar-refractivity contribution < 1.29 is 5.11 Å². The number of imidazole rings is 1. The summed E-state index contributed by atoms with van der Waals surface area (Å²) in [4.78, 5) is 17.2. The van der Waals surface area contributed by atoms with Gasteiger partial charge in [0.1, 0.15) is 5.75 Å². The van der Waals surface area contributed by atoms with Gasteiger partial charge < -0.3 is 15.0 Å². The molecule has 1 fully saturated rings. The Morgan fingerprint density at radius 1 is 1.47 bits per heavy atom. The summed E-state index contributed by atoms with van der Waals surface area (Å²) in [6, 6.07) is 4.99. The molecule has 0 saturated carbocycles. The quantitative estimate of drug-likeness (QED) is 0.877. The van der Waals surface area contributed by atoms with Crippen LogP contribution in [0, 0.1) is 5.92 Å². The zero-order chi connectivity index (χ0) is 13.4. The number of hydrogen-bond acceptors (Lipinski definition) is 3. The maximum absolute atomic E-state index is 12.0. The van der Waals surface area contributed by atoms with Crippen molar-refractivity contribution in [2.24, 2.45) is 5.92 Å². The van der Waals surface area contributed by atoms with Crippen molar-refractivity contribution in [2.75, 3.05) is 19.6 Å². The first-order valence-corrected chi connectivity index (χ1v) is 6.81. The van der Waals surface area contributed by atoms with Gasteiger partial charge >= 0.3 is 5.69 Å². The summed E-state index contributed by atoms with van der Waals surface area (Å²) >= 11 is 0. The van der Waals surface area contributed by atoms with E-state index in [1.165, 1.54) is 0 Å². The number of hydrogen-bond donors (Lipinski definition) is 2. The summed E-state index contributed by atoms with van der Waals surface area (Å²) < 4.78 is 1.75. The van der Waals surface area contributed by atoms with E-state index in [1.54, 1.807) is 22.8 Å². The largest absolute Gasteiger partial charge is 0.508 e. The van der Waals surface area contributed by atoms with E-state index < -0.39 is 0 Å². The molecule has 1 saturated heterocycles. The van der Waals surface area contributed by atoms with Crippen LogP contribution in [0.15, 0.2) is 23.0 Å². The number of likely N-dealkylation sites (tertiary alicyclic amines) is 1. The fourth-order valence-corrected chi connectivity index (χ4v) is 2.93. The fraction of sp³-hybridized carbons (Fsp3) is 0.500. The smallest absolute Gasteiger partial charge is 0.326 e. The van der Waals surface area contributed by atoms with E-state index in [0.29, 0.717) is 5.92 Å². The Morgan fingerprint density at radius 2 is 2.32 bits per heavy atom. The molecule has 19 heavy (non-hydrogen) atoms. The van der Waals surface area contributed by atoms with Crippen molar-refractivity contribution in [3.63, 3.8) is 0 Å². The Labute approximate surface area is 111 Å². The molecule has 5 nitrogen and oxygen atoms in total. The Morgan fingerprint density at radius 3 is 3.05 bits per heavy atom. The molecule has 1 unspecified atom stereocenters. The van der Waals surface area contributed by atoms with Crippen molar-refractivity contribution >= 4 is 11.0 Å². The van der Waals surface area contributed by atoms with E-state index in [-0.39, 0.29) is 11.4 Å². The van der Waals surface area contributed by atoms with Crippen LogP contribution in [0.4, 0.5) is 0 Å². The molecule has 0 aliphatic carbocycles. The van der Waals surface area contributed by atoms with Crippen LogP contribution in [0.5, 0.6) is 5.75 Å². The summed E-state index contributed by atoms with van der Waals surface area (Å²) in [6.07, 6.45) is 1.13. The van der Waals surface area contributed by atoms with Crippen LogP contribution in [-0.2, 0) is 6.54 Å². The molecule has 102 valence electrons. The van der Waals surface area contributed by atoms with Gasteiger partial charge in [0.05, 0.1) is 11.0 Å². The van der Waals surface area contributed by atoms with Gasteiger partial charge in [-0.15, -0.1) is 0 Å². The zero-order valence-corrected chi connectivity index (χ0v) is 11.1. The number of rotatable bonds is 3. The second-order valence-electron chi connectivity index (χ2n) is 5.29. The molecule has 0 spiro atoms. The molecule has 5 heteroatoms. The number of H-pyrrole nitrogens is 1. The van der Waals surface area contributed by atoms with Gasteiger partial charge in [-0.25, -0.2) is 4.79 Å². The summed E-state index contributed by atoms with van der Waals surface area (Å²) in [6.45, 7) is 6.12. The highest BCUT2D eigenvalue weighted by Crippen LogP contribution is 2.21. The number of benzene rings is 1. The Hall–Kier alpha value is -1.75. The molecule has 2 aromatic rings. The maximum atomic E-state index is 12.0. The first-order valence-electron chi connectivity index (χ1n) is 6.81. The molecule has 2 N–H and O–H groups in total. The lowest BCUT2D eigenvalue weighted by atomic mass is 10.1. The minimum absolute atomic E-state index is 0.0875. The highest BCUT2D eigenvalue weighted by atomic mass is 16.3. The molecular weight excluding hydrogens is 242 g/mol. The van der Waals surface area contributed by atoms with Crippen LogP contribution in [-0.4, -0.2) is 39.2 Å². The predicted octanol–water partition coefficient (Wildman–Crippen LogP) is 1.38. The van der Waals surface area contributed by atoms with Crippen LogP contribution in [0.3, 0.4) is 0 Å². The van der Waals surface area contributed by atoms with Crippen LogP contribution < -0.4 is 5.69 Å². The van der Waals surface area contributed by atoms with Gasteiger partial charge in [-0.2, -0.15) is 0 Å². The highest BCUT2D eigenvalue weighted by Gasteiger charge is 2.22. The molecule has 1 aromatic carbocycles. The normalized spacial score (nSPS) is 20.4. The van der Waals surface area contributed by atoms with Crippen LogP contribution in [0.1, 0.15) is 13.3 Å². The van der Waals surface area contributed by atoms with E-state index in [4.69, 9.17) is 0 Å². The zero-order valence-electron chi connectivity index (χ0n) is 11.1. The van der Waals surface area contributed by atoms with Gasteiger partial charge in [0.25, 0.3) is 0 Å². The van der Waals surface area contributed by atoms with Gasteiger partial charge in [0, 0.05) is 19.2 Å². The molecule has 0 amide bonds. The van der Waals surface area contributed by atoms with E-state index in [2.05, 4.69) is 16.8 Å². The minimum Gasteiger partial charge on any atom is -0.508 e. The van der Waals surface area contributed by atoms with Crippen molar-refractivity contribution in [1.82, 2.24) is 14.5 Å². The third-order valence-electron chi connectivity index (χ3n) is 4.02. The van der Waals surface area contributed by atoms with Gasteiger partial charge in [0.2, 0.25) is 0 Å². The number of nitrogens with zero attached hydrogens (tertiary/aromatic N) is 2. The summed E-state index contributed by atoms with van der Waals surface area (Å²) in [7, 11) is 0. The number of aromatic hydroxyl groups is 1. The van der Waals surface area contributed by atoms with Crippen molar-refractivity contribution in [1.29, 1.82) is 0 Å². The third-order valence-corrected chi connectivity index (χ3v) is 4.02. The number of aromatic nitrogens is 2. The van der Waals surface area contributed by atoms with Crippen LogP contribution >= 0.6 is 0 Å². The standard InChI is InChI=1S/C14H19N3O2/c1-2-16-6-5-10(8-16)9-17-13-7-11(18)3-4-12(13)15-14(17)19/h3-4,7,10,18H,2,5-6,8-9H2,1H3,(H,15,19). The Bertz CT molecular complexity index is 644. The lowest BCUT2D eigenvalue weighted by Gasteiger charge is -2.13. The Kier molecular flexibility index (Phi) is 3.06. The van der Waals surface area contributed by atoms with E-state index in [0.717, 1.165) is 43.6 Å². The number of phenols is 1. The van der Waals surface area contributed by atoms with Gasteiger partial charge in [-0.1, -0.05) is 6.92 Å². The number of fused-ring (bicyclic) bond motifs is 1. The van der Waals surface area contributed by atoms with Gasteiger partial charge in [0.15, 0.2) is 0 Å². The lowest BCUT2D eigenvalue weighted by molar-refractivity contribution is 0.333. The summed E-state index contributed by atoms with van der Waals surface area (Å²) in [5, 5.41) is 9.57. The van der Waals surface area contributed by atoms with Crippen molar-refractivity contribution in [3.05, 3.63) is 28.7 Å². The number of nitrogens with one attached hydrogen (secondary N) is 1. The second kappa shape index (κ2) is 4.74. The molecule has 1 aliphatic heterocycles. The van der Waals surface area contributed by atoms with Crippen molar-refractivity contribution in [3.8, 4) is 5.75 Å². The first-order chi connectivity index (χ1) is 9.17. The molecule has 2 heterocycles. The monoisotopic (exact) mass is 261 g/mol.